The molecule has 1 unspecified atom stereocenters. The smallest absolute Gasteiger partial charge is 0.871 e. The van der Waals surface area contributed by atoms with Gasteiger partial charge in [-0.3, -0.25) is 0 Å². The number of nitrogens with zero attached hydrogens (tertiary/aromatic N) is 1. The number of hydrogen-bond donors (Lipinski definition) is 0. The Bertz CT molecular complexity index is 726. The van der Waals surface area contributed by atoms with Crippen molar-refractivity contribution < 1.29 is 144 Å². The zero-order valence-electron chi connectivity index (χ0n) is 12.7. The standard InChI is InChI=1S/C11H6BF6NO3.2K/c1-19-7-3-2-5(4-6(7)8(13)9(19)14)10(15,11(16,17)18)22-12(20)21;;/h2-4H,1H3;;/q-2;2*+1. The second-order valence-electron chi connectivity index (χ2n) is 4.40. The van der Waals surface area contributed by atoms with Crippen LogP contribution in [0.2, 0.25) is 0 Å². The van der Waals surface area contributed by atoms with Gasteiger partial charge in [0, 0.05) is 18.0 Å². The van der Waals surface area contributed by atoms with Gasteiger partial charge in [0.2, 0.25) is 5.95 Å². The molecule has 13 heteroatoms. The first kappa shape index (κ1) is 25.6. The first-order valence-corrected chi connectivity index (χ1v) is 5.68. The third kappa shape index (κ3) is 4.69. The Labute approximate surface area is 217 Å². The molecule has 1 heterocycles. The maximum absolute atomic E-state index is 14.1. The third-order valence-corrected chi connectivity index (χ3v) is 3.06. The summed E-state index contributed by atoms with van der Waals surface area (Å²) in [5.41, 5.74) is -1.49. The Balaban J connectivity index is 0.00000264. The maximum Gasteiger partial charge on any atom is 1.00 e. The summed E-state index contributed by atoms with van der Waals surface area (Å²) in [4.78, 5) is 0. The van der Waals surface area contributed by atoms with Crippen LogP contribution in [0.5, 0.6) is 0 Å². The van der Waals surface area contributed by atoms with Crippen LogP contribution in [-0.4, -0.2) is 18.1 Å². The number of aromatic nitrogens is 1. The molecule has 0 bridgehead atoms. The van der Waals surface area contributed by atoms with Gasteiger partial charge in [-0.25, -0.2) is 4.39 Å². The van der Waals surface area contributed by atoms with E-state index in [4.69, 9.17) is 0 Å². The topological polar surface area (TPSA) is 60.3 Å². The van der Waals surface area contributed by atoms with Crippen LogP contribution in [0.25, 0.3) is 10.9 Å². The minimum Gasteiger partial charge on any atom is -0.871 e. The minimum atomic E-state index is -5.77. The molecule has 0 aliphatic heterocycles. The van der Waals surface area contributed by atoms with E-state index in [0.717, 1.165) is 13.1 Å². The molecule has 0 fully saturated rings. The van der Waals surface area contributed by atoms with Crippen LogP contribution in [-0.2, 0) is 17.6 Å². The van der Waals surface area contributed by atoms with Crippen LogP contribution in [0.1, 0.15) is 5.56 Å². The summed E-state index contributed by atoms with van der Waals surface area (Å²) in [6.45, 7) is 0. The summed E-state index contributed by atoms with van der Waals surface area (Å²) in [5, 5.41) is 19.9. The van der Waals surface area contributed by atoms with Crippen LogP contribution in [0.15, 0.2) is 18.2 Å². The van der Waals surface area contributed by atoms with Crippen LogP contribution in [0, 0.1) is 11.8 Å². The Morgan fingerprint density at radius 2 is 1.62 bits per heavy atom. The van der Waals surface area contributed by atoms with Crippen molar-refractivity contribution in [1.29, 1.82) is 0 Å². The van der Waals surface area contributed by atoms with Gasteiger partial charge in [0.05, 0.1) is 12.8 Å². The molecule has 0 aliphatic carbocycles. The molecule has 0 aliphatic rings. The van der Waals surface area contributed by atoms with Crippen molar-refractivity contribution >= 4 is 18.2 Å². The average Bonchev–Trinajstić information content (AvgIpc) is 2.61. The molecule has 0 saturated carbocycles. The molecule has 0 N–H and O–H groups in total. The van der Waals surface area contributed by atoms with E-state index in [1.165, 1.54) is 0 Å². The normalized spacial score (nSPS) is 13.9. The first-order chi connectivity index (χ1) is 9.99. The van der Waals surface area contributed by atoms with Gasteiger partial charge in [-0.2, -0.15) is 22.0 Å². The van der Waals surface area contributed by atoms with Crippen LogP contribution in [0.4, 0.5) is 26.3 Å². The second-order valence-corrected chi connectivity index (χ2v) is 4.40. The number of alkyl halides is 4. The maximum atomic E-state index is 14.1. The first-order valence-electron chi connectivity index (χ1n) is 5.68. The molecule has 1 aromatic carbocycles. The molecule has 0 spiro atoms. The van der Waals surface area contributed by atoms with E-state index in [0.29, 0.717) is 16.7 Å². The van der Waals surface area contributed by atoms with Crippen LogP contribution in [0.3, 0.4) is 0 Å². The average molecular weight is 403 g/mol. The van der Waals surface area contributed by atoms with Gasteiger partial charge < -0.3 is 19.3 Å². The van der Waals surface area contributed by atoms with Gasteiger partial charge in [0.15, 0.2) is 5.82 Å². The molecule has 1 aromatic heterocycles. The summed E-state index contributed by atoms with van der Waals surface area (Å²) in [5.74, 6) is -7.59. The van der Waals surface area contributed by atoms with E-state index in [1.807, 2.05) is 0 Å². The number of aryl methyl sites for hydroxylation is 1. The van der Waals surface area contributed by atoms with Gasteiger partial charge in [-0.1, -0.05) is 6.07 Å². The number of benzene rings is 1. The largest absolute Gasteiger partial charge is 1.00 e. The molecular weight excluding hydrogens is 397 g/mol. The van der Waals surface area contributed by atoms with Crippen LogP contribution < -0.4 is 113 Å². The fourth-order valence-electron chi connectivity index (χ4n) is 2.00. The van der Waals surface area contributed by atoms with Gasteiger partial charge in [0.25, 0.3) is 0 Å². The molecule has 120 valence electrons. The van der Waals surface area contributed by atoms with Gasteiger partial charge in [-0.15, -0.1) is 0 Å². The Hall–Kier alpha value is 1.56. The number of fused-ring (bicyclic) bond motifs is 1. The van der Waals surface area contributed by atoms with Crippen molar-refractivity contribution in [3.63, 3.8) is 0 Å². The molecule has 2 aromatic rings. The van der Waals surface area contributed by atoms with Crippen molar-refractivity contribution in [3.8, 4) is 0 Å². The fourth-order valence-corrected chi connectivity index (χ4v) is 2.00. The fraction of sp³-hybridized carbons (Fsp3) is 0.273. The predicted molar refractivity (Wildman–Crippen MR) is 58.5 cm³/mol. The van der Waals surface area contributed by atoms with E-state index in [1.54, 1.807) is 0 Å². The molecule has 2 rings (SSSR count). The molecular formula is C11H6BF6K2NO3. The number of rotatable bonds is 3. The monoisotopic (exact) mass is 403 g/mol. The zero-order chi connectivity index (χ0) is 16.9. The molecule has 1 atom stereocenters. The van der Waals surface area contributed by atoms with E-state index in [2.05, 4.69) is 4.65 Å². The van der Waals surface area contributed by atoms with Gasteiger partial charge in [0.1, 0.15) is 0 Å². The van der Waals surface area contributed by atoms with E-state index >= 15 is 0 Å². The Morgan fingerprint density at radius 3 is 2.08 bits per heavy atom. The van der Waals surface area contributed by atoms with Crippen molar-refractivity contribution in [3.05, 3.63) is 35.5 Å². The predicted octanol–water partition coefficient (Wildman–Crippen LogP) is -5.13. The summed E-state index contributed by atoms with van der Waals surface area (Å²) in [6.07, 6.45) is -5.77. The summed E-state index contributed by atoms with van der Waals surface area (Å²) < 4.78 is 83.4. The zero-order valence-corrected chi connectivity index (χ0v) is 19.0. The van der Waals surface area contributed by atoms with E-state index in [-0.39, 0.29) is 108 Å². The van der Waals surface area contributed by atoms with Crippen molar-refractivity contribution in [2.45, 2.75) is 12.0 Å². The molecule has 4 nitrogen and oxygen atoms in total. The summed E-state index contributed by atoms with van der Waals surface area (Å²) in [6, 6.07) is 1.67. The van der Waals surface area contributed by atoms with Crippen molar-refractivity contribution in [2.24, 2.45) is 7.05 Å². The second kappa shape index (κ2) is 9.17. The molecule has 0 radical (unpaired) electrons. The Kier molecular flexibility index (Phi) is 9.76. The van der Waals surface area contributed by atoms with Crippen molar-refractivity contribution in [2.75, 3.05) is 0 Å². The minimum absolute atomic E-state index is 0. The summed E-state index contributed by atoms with van der Waals surface area (Å²) in [7, 11) is -2.46. The SMILES string of the molecule is Cn1c(F)c(F)c2cc(C(F)(OB([O-])[O-])C(F)(F)F)ccc21.[K+].[K+]. The number of hydrogen-bond acceptors (Lipinski definition) is 3. The van der Waals surface area contributed by atoms with Gasteiger partial charge >= 0.3 is 115 Å². The quantitative estimate of drug-likeness (QED) is 0.381. The Morgan fingerprint density at radius 1 is 1.08 bits per heavy atom. The molecule has 24 heavy (non-hydrogen) atoms. The molecule has 0 amide bonds. The van der Waals surface area contributed by atoms with Gasteiger partial charge in [-0.05, 0) is 12.1 Å². The van der Waals surface area contributed by atoms with E-state index in [9.17, 15) is 36.4 Å². The number of halogens is 6. The van der Waals surface area contributed by atoms with E-state index < -0.39 is 42.1 Å². The third-order valence-electron chi connectivity index (χ3n) is 3.06. The van der Waals surface area contributed by atoms with Crippen LogP contribution >= 0.6 is 0 Å². The summed E-state index contributed by atoms with van der Waals surface area (Å²) >= 11 is 0. The van der Waals surface area contributed by atoms with Crippen molar-refractivity contribution in [1.82, 2.24) is 4.57 Å². The molecule has 0 saturated heterocycles.